The second kappa shape index (κ2) is 7.74. The first-order valence-corrected chi connectivity index (χ1v) is 10.3. The van der Waals surface area contributed by atoms with Crippen molar-refractivity contribution in [3.63, 3.8) is 0 Å². The van der Waals surface area contributed by atoms with Crippen LogP contribution >= 0.6 is 0 Å². The second-order valence-electron chi connectivity index (χ2n) is 7.82. The summed E-state index contributed by atoms with van der Waals surface area (Å²) in [5.41, 5.74) is 4.57. The number of rotatable bonds is 4. The van der Waals surface area contributed by atoms with Gasteiger partial charge in [0.2, 0.25) is 0 Å². The number of amides is 2. The lowest BCUT2D eigenvalue weighted by Crippen LogP contribution is -2.14. The summed E-state index contributed by atoms with van der Waals surface area (Å²) in [6.07, 6.45) is 3.92. The van der Waals surface area contributed by atoms with Crippen LogP contribution in [0.25, 0.3) is 21.8 Å². The third-order valence-corrected chi connectivity index (χ3v) is 5.76. The first-order chi connectivity index (χ1) is 15.5. The summed E-state index contributed by atoms with van der Waals surface area (Å²) in [5, 5.41) is 7.90. The maximum atomic E-state index is 12.8. The van der Waals surface area contributed by atoms with Gasteiger partial charge in [-0.2, -0.15) is 0 Å². The maximum Gasteiger partial charge on any atom is 0.255 e. The van der Waals surface area contributed by atoms with Crippen molar-refractivity contribution >= 4 is 45.0 Å². The van der Waals surface area contributed by atoms with Crippen LogP contribution < -0.4 is 10.6 Å². The molecule has 2 aromatic heterocycles. The molecule has 0 saturated carbocycles. The van der Waals surface area contributed by atoms with Gasteiger partial charge >= 0.3 is 0 Å². The normalized spacial score (nSPS) is 11.1. The summed E-state index contributed by atoms with van der Waals surface area (Å²) in [7, 11) is 3.94. The van der Waals surface area contributed by atoms with Gasteiger partial charge in [-0.1, -0.05) is 12.1 Å². The van der Waals surface area contributed by atoms with E-state index in [-0.39, 0.29) is 11.8 Å². The highest BCUT2D eigenvalue weighted by molar-refractivity contribution is 6.11. The molecule has 6 heteroatoms. The lowest BCUT2D eigenvalue weighted by molar-refractivity contribution is 0.101. The van der Waals surface area contributed by atoms with Gasteiger partial charge in [-0.05, 0) is 60.7 Å². The third kappa shape index (κ3) is 3.41. The van der Waals surface area contributed by atoms with Crippen LogP contribution in [0.5, 0.6) is 0 Å². The van der Waals surface area contributed by atoms with E-state index in [1.807, 2.05) is 84.2 Å². The van der Waals surface area contributed by atoms with Crippen LogP contribution in [0, 0.1) is 0 Å². The van der Waals surface area contributed by atoms with Gasteiger partial charge in [-0.3, -0.25) is 9.59 Å². The van der Waals surface area contributed by atoms with Gasteiger partial charge in [-0.25, -0.2) is 0 Å². The summed E-state index contributed by atoms with van der Waals surface area (Å²) >= 11 is 0. The third-order valence-electron chi connectivity index (χ3n) is 5.76. The van der Waals surface area contributed by atoms with Crippen molar-refractivity contribution < 1.29 is 9.59 Å². The molecular formula is C26H22N4O2. The summed E-state index contributed by atoms with van der Waals surface area (Å²) < 4.78 is 4.02. The van der Waals surface area contributed by atoms with Crippen molar-refractivity contribution in [2.24, 2.45) is 14.1 Å². The monoisotopic (exact) mass is 422 g/mol. The highest BCUT2D eigenvalue weighted by Gasteiger charge is 2.13. The average Bonchev–Trinajstić information content (AvgIpc) is 3.38. The van der Waals surface area contributed by atoms with Crippen LogP contribution in [-0.4, -0.2) is 20.9 Å². The first kappa shape index (κ1) is 19.6. The van der Waals surface area contributed by atoms with Gasteiger partial charge in [-0.15, -0.1) is 0 Å². The SMILES string of the molecule is Cn1ccc2c(NC(=O)c3ccc(C(=O)Nc4cccc5c4ccn5C)cc3)cccc21. The quantitative estimate of drug-likeness (QED) is 0.419. The van der Waals surface area contributed by atoms with E-state index in [1.165, 1.54) is 0 Å². The number of aryl methyl sites for hydroxylation is 2. The van der Waals surface area contributed by atoms with E-state index in [2.05, 4.69) is 10.6 Å². The standard InChI is InChI=1S/C26H22N4O2/c1-29-15-13-19-21(5-3-7-23(19)29)27-25(31)17-9-11-18(12-10-17)26(32)28-22-6-4-8-24-20(22)14-16-30(24)2/h3-16H,1-2H3,(H,27,31)(H,28,32). The van der Waals surface area contributed by atoms with E-state index < -0.39 is 0 Å². The molecule has 3 aromatic carbocycles. The zero-order valence-corrected chi connectivity index (χ0v) is 17.8. The van der Waals surface area contributed by atoms with Gasteiger partial charge < -0.3 is 19.8 Å². The topological polar surface area (TPSA) is 68.1 Å². The predicted molar refractivity (Wildman–Crippen MR) is 128 cm³/mol. The van der Waals surface area contributed by atoms with Crippen LogP contribution in [0.2, 0.25) is 0 Å². The number of carbonyl (C=O) groups is 2. The Morgan fingerprint density at radius 1 is 0.594 bits per heavy atom. The van der Waals surface area contributed by atoms with Crippen LogP contribution in [0.4, 0.5) is 11.4 Å². The van der Waals surface area contributed by atoms with Crippen LogP contribution in [-0.2, 0) is 14.1 Å². The molecule has 0 aliphatic carbocycles. The highest BCUT2D eigenvalue weighted by atomic mass is 16.2. The molecule has 158 valence electrons. The molecule has 2 heterocycles. The molecule has 0 aliphatic heterocycles. The van der Waals surface area contributed by atoms with Gasteiger partial charge in [0, 0.05) is 59.4 Å². The van der Waals surface area contributed by atoms with Gasteiger partial charge in [0.1, 0.15) is 0 Å². The number of carbonyl (C=O) groups excluding carboxylic acids is 2. The van der Waals surface area contributed by atoms with Crippen molar-refractivity contribution in [1.29, 1.82) is 0 Å². The van der Waals surface area contributed by atoms with E-state index in [9.17, 15) is 9.59 Å². The molecule has 2 N–H and O–H groups in total. The number of nitrogens with zero attached hydrogens (tertiary/aromatic N) is 2. The van der Waals surface area contributed by atoms with E-state index in [1.54, 1.807) is 24.3 Å². The van der Waals surface area contributed by atoms with Crippen molar-refractivity contribution in [2.75, 3.05) is 10.6 Å². The largest absolute Gasteiger partial charge is 0.350 e. The summed E-state index contributed by atoms with van der Waals surface area (Å²) in [5.74, 6) is -0.440. The Hall–Kier alpha value is -4.32. The molecule has 5 rings (SSSR count). The Kier molecular flexibility index (Phi) is 4.75. The molecule has 0 unspecified atom stereocenters. The smallest absolute Gasteiger partial charge is 0.255 e. The van der Waals surface area contributed by atoms with E-state index in [0.717, 1.165) is 33.2 Å². The zero-order chi connectivity index (χ0) is 22.2. The number of aromatic nitrogens is 2. The predicted octanol–water partition coefficient (Wildman–Crippen LogP) is 5.17. The van der Waals surface area contributed by atoms with E-state index in [4.69, 9.17) is 0 Å². The Morgan fingerprint density at radius 2 is 1.00 bits per heavy atom. The molecule has 0 saturated heterocycles. The molecule has 0 spiro atoms. The molecule has 0 fully saturated rings. The van der Waals surface area contributed by atoms with Crippen molar-refractivity contribution in [1.82, 2.24) is 9.13 Å². The second-order valence-corrected chi connectivity index (χ2v) is 7.82. The lowest BCUT2D eigenvalue weighted by atomic mass is 10.1. The van der Waals surface area contributed by atoms with Gasteiger partial charge in [0.15, 0.2) is 0 Å². The fourth-order valence-electron chi connectivity index (χ4n) is 3.98. The number of nitrogens with one attached hydrogen (secondary N) is 2. The van der Waals surface area contributed by atoms with Crippen molar-refractivity contribution in [3.05, 3.63) is 96.3 Å². The fourth-order valence-corrected chi connectivity index (χ4v) is 3.98. The first-order valence-electron chi connectivity index (χ1n) is 10.3. The summed E-state index contributed by atoms with van der Waals surface area (Å²) in [6, 6.07) is 22.2. The number of hydrogen-bond acceptors (Lipinski definition) is 2. The highest BCUT2D eigenvalue weighted by Crippen LogP contribution is 2.26. The van der Waals surface area contributed by atoms with E-state index in [0.29, 0.717) is 11.1 Å². The lowest BCUT2D eigenvalue weighted by Gasteiger charge is -2.09. The Morgan fingerprint density at radius 3 is 1.41 bits per heavy atom. The van der Waals surface area contributed by atoms with E-state index >= 15 is 0 Å². The van der Waals surface area contributed by atoms with Crippen LogP contribution in [0.1, 0.15) is 20.7 Å². The molecular weight excluding hydrogens is 400 g/mol. The Balaban J connectivity index is 1.33. The summed E-state index contributed by atoms with van der Waals surface area (Å²) in [4.78, 5) is 25.5. The fraction of sp³-hybridized carbons (Fsp3) is 0.0769. The molecule has 0 aliphatic rings. The molecule has 6 nitrogen and oxygen atoms in total. The molecule has 0 atom stereocenters. The van der Waals surface area contributed by atoms with Gasteiger partial charge in [0.25, 0.3) is 11.8 Å². The molecule has 0 radical (unpaired) electrons. The molecule has 5 aromatic rings. The number of fused-ring (bicyclic) bond motifs is 2. The number of benzene rings is 3. The van der Waals surface area contributed by atoms with Crippen molar-refractivity contribution in [3.8, 4) is 0 Å². The van der Waals surface area contributed by atoms with Crippen molar-refractivity contribution in [2.45, 2.75) is 0 Å². The average molecular weight is 422 g/mol. The Bertz CT molecular complexity index is 1360. The van der Waals surface area contributed by atoms with Crippen LogP contribution in [0.15, 0.2) is 85.2 Å². The van der Waals surface area contributed by atoms with Gasteiger partial charge in [0.05, 0.1) is 11.4 Å². The van der Waals surface area contributed by atoms with Crippen LogP contribution in [0.3, 0.4) is 0 Å². The molecule has 2 amide bonds. The molecule has 0 bridgehead atoms. The minimum atomic E-state index is -0.220. The number of anilines is 2. The minimum Gasteiger partial charge on any atom is -0.350 e. The molecule has 32 heavy (non-hydrogen) atoms. The minimum absolute atomic E-state index is 0.220. The maximum absolute atomic E-state index is 12.8. The number of hydrogen-bond donors (Lipinski definition) is 2. The summed E-state index contributed by atoms with van der Waals surface area (Å²) in [6.45, 7) is 0. The Labute approximate surface area is 185 Å². The zero-order valence-electron chi connectivity index (χ0n) is 17.8.